The number of anilines is 1. The number of para-hydroxylation sites is 1. The number of hydrogen-bond acceptors (Lipinski definition) is 6. The molecule has 0 bridgehead atoms. The molecule has 0 aromatic heterocycles. The van der Waals surface area contributed by atoms with E-state index >= 15 is 0 Å². The highest BCUT2D eigenvalue weighted by Crippen LogP contribution is 2.19. The maximum absolute atomic E-state index is 12.0. The Morgan fingerprint density at radius 3 is 2.86 bits per heavy atom. The summed E-state index contributed by atoms with van der Waals surface area (Å²) in [4.78, 5) is 29.3. The first-order valence-electron chi connectivity index (χ1n) is 6.28. The van der Waals surface area contributed by atoms with Crippen LogP contribution in [0.3, 0.4) is 0 Å². The Balaban J connectivity index is 2.20. The van der Waals surface area contributed by atoms with Crippen LogP contribution in [0.15, 0.2) is 41.2 Å². The molecule has 0 fully saturated rings. The van der Waals surface area contributed by atoms with Gasteiger partial charge in [0.25, 0.3) is 11.8 Å². The highest BCUT2D eigenvalue weighted by molar-refractivity contribution is 6.17. The van der Waals surface area contributed by atoms with Crippen molar-refractivity contribution in [3.05, 3.63) is 41.6 Å². The highest BCUT2D eigenvalue weighted by atomic mass is 16.6. The number of nitrogens with one attached hydrogen (secondary N) is 1. The van der Waals surface area contributed by atoms with Crippen LogP contribution in [-0.4, -0.2) is 48.3 Å². The number of aliphatic hydroxyl groups excluding tert-OH is 1. The largest absolute Gasteiger partial charge is 0.399 e. The molecule has 0 aliphatic carbocycles. The van der Waals surface area contributed by atoms with Gasteiger partial charge in [0.1, 0.15) is 12.8 Å². The number of amides is 2. The average molecular weight is 289 g/mol. The van der Waals surface area contributed by atoms with E-state index in [0.717, 1.165) is 4.90 Å². The normalized spacial score (nSPS) is 14.8. The van der Waals surface area contributed by atoms with E-state index in [4.69, 9.17) is 5.11 Å². The molecule has 1 heterocycles. The van der Waals surface area contributed by atoms with Gasteiger partial charge in [0.2, 0.25) is 0 Å². The van der Waals surface area contributed by atoms with Gasteiger partial charge >= 0.3 is 0 Å². The van der Waals surface area contributed by atoms with Gasteiger partial charge < -0.3 is 15.3 Å². The molecule has 1 aromatic carbocycles. The molecule has 0 saturated heterocycles. The summed E-state index contributed by atoms with van der Waals surface area (Å²) in [6.07, 6.45) is 2.71. The molecule has 1 aliphatic heterocycles. The van der Waals surface area contributed by atoms with E-state index in [2.05, 4.69) is 15.3 Å². The maximum atomic E-state index is 12.0. The standard InChI is InChI=1S/C14H15N3O4/c1-21-15-9-10-4-2-3-5-11(10)16-12-8-13(19)17(6-7-18)14(12)20/h2-5,8-9,16,18H,6-7H2,1H3. The fraction of sp³-hybridized carbons (Fsp3) is 0.214. The Kier molecular flexibility index (Phi) is 4.68. The van der Waals surface area contributed by atoms with Gasteiger partial charge in [-0.15, -0.1) is 0 Å². The van der Waals surface area contributed by atoms with Gasteiger partial charge in [-0.1, -0.05) is 23.4 Å². The Labute approximate surface area is 121 Å². The number of carbonyl (C=O) groups is 2. The van der Waals surface area contributed by atoms with Gasteiger partial charge in [-0.25, -0.2) is 0 Å². The second kappa shape index (κ2) is 6.67. The Hall–Kier alpha value is -2.67. The molecule has 2 N–H and O–H groups in total. The van der Waals surface area contributed by atoms with Crippen LogP contribution in [0.4, 0.5) is 5.69 Å². The van der Waals surface area contributed by atoms with Crippen molar-refractivity contribution < 1.29 is 19.5 Å². The van der Waals surface area contributed by atoms with Crippen LogP contribution in [0.25, 0.3) is 0 Å². The first kappa shape index (κ1) is 14.7. The molecule has 2 amide bonds. The average Bonchev–Trinajstić information content (AvgIpc) is 2.74. The second-order valence-corrected chi connectivity index (χ2v) is 4.21. The third-order valence-corrected chi connectivity index (χ3v) is 2.86. The zero-order valence-electron chi connectivity index (χ0n) is 11.4. The van der Waals surface area contributed by atoms with Crippen LogP contribution < -0.4 is 5.32 Å². The number of benzene rings is 1. The first-order chi connectivity index (χ1) is 10.2. The van der Waals surface area contributed by atoms with Crippen molar-refractivity contribution in [3.63, 3.8) is 0 Å². The minimum Gasteiger partial charge on any atom is -0.399 e. The van der Waals surface area contributed by atoms with Gasteiger partial charge in [-0.3, -0.25) is 14.5 Å². The molecule has 1 aliphatic rings. The number of aliphatic hydroxyl groups is 1. The third-order valence-electron chi connectivity index (χ3n) is 2.86. The fourth-order valence-corrected chi connectivity index (χ4v) is 1.89. The lowest BCUT2D eigenvalue weighted by Crippen LogP contribution is -2.34. The van der Waals surface area contributed by atoms with Crippen LogP contribution in [0.1, 0.15) is 5.56 Å². The number of hydrogen-bond donors (Lipinski definition) is 2. The van der Waals surface area contributed by atoms with Crippen LogP contribution in [0, 0.1) is 0 Å². The van der Waals surface area contributed by atoms with E-state index in [1.807, 2.05) is 6.07 Å². The molecule has 1 aromatic rings. The molecule has 0 atom stereocenters. The summed E-state index contributed by atoms with van der Waals surface area (Å²) in [6, 6.07) is 7.15. The molecule has 0 saturated carbocycles. The fourth-order valence-electron chi connectivity index (χ4n) is 1.89. The summed E-state index contributed by atoms with van der Waals surface area (Å²) >= 11 is 0. The van der Waals surface area contributed by atoms with Crippen molar-refractivity contribution >= 4 is 23.7 Å². The molecule has 7 heteroatoms. The van der Waals surface area contributed by atoms with Crippen molar-refractivity contribution in [2.45, 2.75) is 0 Å². The monoisotopic (exact) mass is 289 g/mol. The van der Waals surface area contributed by atoms with Crippen LogP contribution >= 0.6 is 0 Å². The highest BCUT2D eigenvalue weighted by Gasteiger charge is 2.30. The van der Waals surface area contributed by atoms with Crippen molar-refractivity contribution in [1.82, 2.24) is 4.90 Å². The Morgan fingerprint density at radius 2 is 2.14 bits per heavy atom. The SMILES string of the molecule is CON=Cc1ccccc1NC1=CC(=O)N(CCO)C1=O. The Morgan fingerprint density at radius 1 is 1.38 bits per heavy atom. The number of carbonyl (C=O) groups excluding carboxylic acids is 2. The summed E-state index contributed by atoms with van der Waals surface area (Å²) in [7, 11) is 1.43. The first-order valence-corrected chi connectivity index (χ1v) is 6.28. The molecular weight excluding hydrogens is 274 g/mol. The number of nitrogens with zero attached hydrogens (tertiary/aromatic N) is 2. The Bertz CT molecular complexity index is 610. The zero-order valence-corrected chi connectivity index (χ0v) is 11.4. The van der Waals surface area contributed by atoms with E-state index in [-0.39, 0.29) is 18.8 Å². The van der Waals surface area contributed by atoms with Crippen molar-refractivity contribution in [2.75, 3.05) is 25.6 Å². The molecular formula is C14H15N3O4. The molecule has 0 unspecified atom stereocenters. The predicted octanol–water partition coefficient (Wildman–Crippen LogP) is 0.324. The van der Waals surface area contributed by atoms with Crippen molar-refractivity contribution in [2.24, 2.45) is 5.16 Å². The lowest BCUT2D eigenvalue weighted by atomic mass is 10.2. The van der Waals surface area contributed by atoms with Crippen molar-refractivity contribution in [1.29, 1.82) is 0 Å². The van der Waals surface area contributed by atoms with Crippen LogP contribution in [-0.2, 0) is 14.4 Å². The van der Waals surface area contributed by atoms with Crippen LogP contribution in [0.5, 0.6) is 0 Å². The lowest BCUT2D eigenvalue weighted by molar-refractivity contribution is -0.137. The van der Waals surface area contributed by atoms with Gasteiger partial charge in [0.05, 0.1) is 19.4 Å². The molecule has 21 heavy (non-hydrogen) atoms. The van der Waals surface area contributed by atoms with E-state index in [9.17, 15) is 9.59 Å². The van der Waals surface area contributed by atoms with E-state index < -0.39 is 11.8 Å². The minimum absolute atomic E-state index is 0.0217. The summed E-state index contributed by atoms with van der Waals surface area (Å²) in [5.41, 5.74) is 1.49. The van der Waals surface area contributed by atoms with Crippen LogP contribution in [0.2, 0.25) is 0 Å². The molecule has 0 radical (unpaired) electrons. The molecule has 7 nitrogen and oxygen atoms in total. The molecule has 0 spiro atoms. The van der Waals surface area contributed by atoms with E-state index in [1.165, 1.54) is 19.4 Å². The summed E-state index contributed by atoms with van der Waals surface area (Å²) in [5.74, 6) is -0.910. The topological polar surface area (TPSA) is 91.2 Å². The lowest BCUT2D eigenvalue weighted by Gasteiger charge is -2.14. The number of β-amino-alcohol motifs (C(OH)–C–C–N with tert-alkyl or cyclic N) is 1. The third kappa shape index (κ3) is 3.26. The molecule has 110 valence electrons. The van der Waals surface area contributed by atoms with Gasteiger partial charge in [-0.05, 0) is 6.07 Å². The van der Waals surface area contributed by atoms with E-state index in [0.29, 0.717) is 11.3 Å². The summed E-state index contributed by atoms with van der Waals surface area (Å²) < 4.78 is 0. The summed E-state index contributed by atoms with van der Waals surface area (Å²) in [5, 5.41) is 15.4. The van der Waals surface area contributed by atoms with Gasteiger partial charge in [-0.2, -0.15) is 0 Å². The second-order valence-electron chi connectivity index (χ2n) is 4.21. The quantitative estimate of drug-likeness (QED) is 0.447. The van der Waals surface area contributed by atoms with Gasteiger partial charge in [0.15, 0.2) is 0 Å². The number of oxime groups is 1. The van der Waals surface area contributed by atoms with E-state index in [1.54, 1.807) is 18.2 Å². The van der Waals surface area contributed by atoms with Gasteiger partial charge in [0, 0.05) is 17.3 Å². The number of rotatable bonds is 6. The zero-order chi connectivity index (χ0) is 15.2. The molecule has 2 rings (SSSR count). The number of imide groups is 1. The summed E-state index contributed by atoms with van der Waals surface area (Å²) in [6.45, 7) is -0.290. The van der Waals surface area contributed by atoms with Crippen molar-refractivity contribution in [3.8, 4) is 0 Å². The predicted molar refractivity (Wildman–Crippen MR) is 76.6 cm³/mol. The minimum atomic E-state index is -0.465. The maximum Gasteiger partial charge on any atom is 0.277 e. The smallest absolute Gasteiger partial charge is 0.277 e.